The highest BCUT2D eigenvalue weighted by Gasteiger charge is 2.12. The van der Waals surface area contributed by atoms with Crippen molar-refractivity contribution in [3.63, 3.8) is 0 Å². The SMILES string of the molecule is O=C(NCCc1ccncc1)c1coc(-c2ccccc2)n1. The summed E-state index contributed by atoms with van der Waals surface area (Å²) in [6.45, 7) is 0.538. The Morgan fingerprint density at radius 1 is 1.09 bits per heavy atom. The molecule has 110 valence electrons. The van der Waals surface area contributed by atoms with Crippen molar-refractivity contribution in [1.29, 1.82) is 0 Å². The van der Waals surface area contributed by atoms with E-state index in [1.807, 2.05) is 42.5 Å². The lowest BCUT2D eigenvalue weighted by molar-refractivity contribution is 0.0949. The van der Waals surface area contributed by atoms with Gasteiger partial charge < -0.3 is 9.73 Å². The Hall–Kier alpha value is -2.95. The van der Waals surface area contributed by atoms with E-state index < -0.39 is 0 Å². The van der Waals surface area contributed by atoms with Gasteiger partial charge in [0.1, 0.15) is 6.26 Å². The first-order chi connectivity index (χ1) is 10.8. The Balaban J connectivity index is 1.58. The molecule has 0 unspecified atom stereocenters. The molecule has 2 heterocycles. The van der Waals surface area contributed by atoms with Gasteiger partial charge in [0.05, 0.1) is 0 Å². The highest BCUT2D eigenvalue weighted by molar-refractivity contribution is 5.92. The third kappa shape index (κ3) is 3.38. The Labute approximate surface area is 128 Å². The normalized spacial score (nSPS) is 10.4. The monoisotopic (exact) mass is 293 g/mol. The van der Waals surface area contributed by atoms with Gasteiger partial charge in [-0.25, -0.2) is 4.98 Å². The molecule has 0 fully saturated rings. The van der Waals surface area contributed by atoms with Gasteiger partial charge >= 0.3 is 0 Å². The molecule has 22 heavy (non-hydrogen) atoms. The first-order valence-electron chi connectivity index (χ1n) is 7.01. The molecule has 2 aromatic heterocycles. The van der Waals surface area contributed by atoms with Gasteiger partial charge in [0.2, 0.25) is 5.89 Å². The third-order valence-corrected chi connectivity index (χ3v) is 3.21. The highest BCUT2D eigenvalue weighted by Crippen LogP contribution is 2.17. The number of nitrogens with zero attached hydrogens (tertiary/aromatic N) is 2. The first kappa shape index (κ1) is 14.0. The molecule has 0 saturated heterocycles. The van der Waals surface area contributed by atoms with Crippen molar-refractivity contribution >= 4 is 5.91 Å². The number of oxazole rings is 1. The second-order valence-electron chi connectivity index (χ2n) is 4.77. The molecule has 1 aromatic carbocycles. The second kappa shape index (κ2) is 6.67. The molecule has 0 bridgehead atoms. The minimum absolute atomic E-state index is 0.236. The van der Waals surface area contributed by atoms with Crippen LogP contribution in [0.4, 0.5) is 0 Å². The lowest BCUT2D eigenvalue weighted by atomic mass is 10.2. The van der Waals surface area contributed by atoms with E-state index in [1.54, 1.807) is 12.4 Å². The second-order valence-corrected chi connectivity index (χ2v) is 4.77. The predicted octanol–water partition coefficient (Wildman–Crippen LogP) is 2.71. The number of hydrogen-bond acceptors (Lipinski definition) is 4. The van der Waals surface area contributed by atoms with Crippen LogP contribution in [0.25, 0.3) is 11.5 Å². The summed E-state index contributed by atoms with van der Waals surface area (Å²) in [6.07, 6.45) is 5.60. The van der Waals surface area contributed by atoms with Crippen LogP contribution in [-0.2, 0) is 6.42 Å². The van der Waals surface area contributed by atoms with Gasteiger partial charge in [-0.1, -0.05) is 18.2 Å². The van der Waals surface area contributed by atoms with Crippen LogP contribution in [0, 0.1) is 0 Å². The van der Waals surface area contributed by atoms with Gasteiger partial charge in [0, 0.05) is 24.5 Å². The fraction of sp³-hybridized carbons (Fsp3) is 0.118. The quantitative estimate of drug-likeness (QED) is 0.785. The van der Waals surface area contributed by atoms with Gasteiger partial charge in [0.15, 0.2) is 5.69 Å². The zero-order chi connectivity index (χ0) is 15.2. The lowest BCUT2D eigenvalue weighted by Crippen LogP contribution is -2.25. The van der Waals surface area contributed by atoms with E-state index in [0.717, 1.165) is 17.5 Å². The summed E-state index contributed by atoms with van der Waals surface area (Å²) in [6, 6.07) is 13.3. The van der Waals surface area contributed by atoms with E-state index in [9.17, 15) is 4.79 Å². The molecule has 3 aromatic rings. The number of pyridine rings is 1. The van der Waals surface area contributed by atoms with Crippen LogP contribution in [0.5, 0.6) is 0 Å². The predicted molar refractivity (Wildman–Crippen MR) is 82.2 cm³/mol. The molecule has 0 aliphatic rings. The van der Waals surface area contributed by atoms with Crippen molar-refractivity contribution in [3.05, 3.63) is 72.4 Å². The number of amides is 1. The number of carbonyl (C=O) groups is 1. The molecular weight excluding hydrogens is 278 g/mol. The molecule has 0 radical (unpaired) electrons. The summed E-state index contributed by atoms with van der Waals surface area (Å²) < 4.78 is 5.36. The Bertz CT molecular complexity index is 739. The van der Waals surface area contributed by atoms with Gasteiger partial charge in [0.25, 0.3) is 5.91 Å². The van der Waals surface area contributed by atoms with Crippen LogP contribution in [0.3, 0.4) is 0 Å². The third-order valence-electron chi connectivity index (χ3n) is 3.21. The molecule has 1 amide bonds. The van der Waals surface area contributed by atoms with Gasteiger partial charge in [-0.3, -0.25) is 9.78 Å². The summed E-state index contributed by atoms with van der Waals surface area (Å²) in [5, 5.41) is 2.83. The van der Waals surface area contributed by atoms with Crippen LogP contribution in [0.15, 0.2) is 65.5 Å². The van der Waals surface area contributed by atoms with Gasteiger partial charge in [-0.05, 0) is 36.2 Å². The maximum atomic E-state index is 12.0. The van der Waals surface area contributed by atoms with E-state index in [2.05, 4.69) is 15.3 Å². The summed E-state index contributed by atoms with van der Waals surface area (Å²) in [5.74, 6) is 0.208. The maximum absolute atomic E-state index is 12.0. The number of rotatable bonds is 5. The smallest absolute Gasteiger partial charge is 0.273 e. The van der Waals surface area contributed by atoms with Gasteiger partial charge in [-0.15, -0.1) is 0 Å². The van der Waals surface area contributed by atoms with Crippen LogP contribution < -0.4 is 5.32 Å². The van der Waals surface area contributed by atoms with Crippen molar-refractivity contribution in [1.82, 2.24) is 15.3 Å². The minimum atomic E-state index is -0.236. The average Bonchev–Trinajstić information content (AvgIpc) is 3.07. The molecule has 5 heteroatoms. The molecule has 0 spiro atoms. The number of benzene rings is 1. The van der Waals surface area contributed by atoms with Gasteiger partial charge in [-0.2, -0.15) is 0 Å². The van der Waals surface area contributed by atoms with Crippen molar-refractivity contribution in [2.24, 2.45) is 0 Å². The average molecular weight is 293 g/mol. The molecule has 0 aliphatic heterocycles. The number of aromatic nitrogens is 2. The lowest BCUT2D eigenvalue weighted by Gasteiger charge is -2.02. The number of nitrogens with one attached hydrogen (secondary N) is 1. The van der Waals surface area contributed by atoms with Crippen LogP contribution in [0.1, 0.15) is 16.1 Å². The molecule has 0 atom stereocenters. The van der Waals surface area contributed by atoms with Crippen molar-refractivity contribution in [2.75, 3.05) is 6.54 Å². The fourth-order valence-corrected chi connectivity index (χ4v) is 2.05. The fourth-order valence-electron chi connectivity index (χ4n) is 2.05. The minimum Gasteiger partial charge on any atom is -0.444 e. The van der Waals surface area contributed by atoms with Crippen molar-refractivity contribution in [3.8, 4) is 11.5 Å². The summed E-state index contributed by atoms with van der Waals surface area (Å²) in [5.41, 5.74) is 2.26. The molecule has 1 N–H and O–H groups in total. The van der Waals surface area contributed by atoms with Crippen molar-refractivity contribution < 1.29 is 9.21 Å². The van der Waals surface area contributed by atoms with Crippen LogP contribution in [0.2, 0.25) is 0 Å². The van der Waals surface area contributed by atoms with E-state index in [1.165, 1.54) is 6.26 Å². The first-order valence-corrected chi connectivity index (χ1v) is 7.01. The van der Waals surface area contributed by atoms with E-state index >= 15 is 0 Å². The Morgan fingerprint density at radius 3 is 2.64 bits per heavy atom. The molecule has 0 saturated carbocycles. The molecular formula is C17H15N3O2. The maximum Gasteiger partial charge on any atom is 0.273 e. The largest absolute Gasteiger partial charge is 0.444 e. The topological polar surface area (TPSA) is 68.0 Å². The van der Waals surface area contributed by atoms with Crippen molar-refractivity contribution in [2.45, 2.75) is 6.42 Å². The molecule has 3 rings (SSSR count). The van der Waals surface area contributed by atoms with Crippen LogP contribution in [-0.4, -0.2) is 22.4 Å². The van der Waals surface area contributed by atoms with E-state index in [0.29, 0.717) is 12.4 Å². The van der Waals surface area contributed by atoms with E-state index in [-0.39, 0.29) is 11.6 Å². The zero-order valence-corrected chi connectivity index (χ0v) is 11.9. The Morgan fingerprint density at radius 2 is 1.86 bits per heavy atom. The zero-order valence-electron chi connectivity index (χ0n) is 11.9. The standard InChI is InChI=1S/C17H15N3O2/c21-16(19-11-8-13-6-9-18-10-7-13)15-12-22-17(20-15)14-4-2-1-3-5-14/h1-7,9-10,12H,8,11H2,(H,19,21). The molecule has 0 aliphatic carbocycles. The highest BCUT2D eigenvalue weighted by atomic mass is 16.3. The number of hydrogen-bond donors (Lipinski definition) is 1. The Kier molecular flexibility index (Phi) is 4.25. The van der Waals surface area contributed by atoms with Crippen LogP contribution >= 0.6 is 0 Å². The summed E-state index contributed by atoms with van der Waals surface area (Å²) in [4.78, 5) is 20.2. The van der Waals surface area contributed by atoms with E-state index in [4.69, 9.17) is 4.42 Å². The summed E-state index contributed by atoms with van der Waals surface area (Å²) >= 11 is 0. The number of carbonyl (C=O) groups excluding carboxylic acids is 1. The summed E-state index contributed by atoms with van der Waals surface area (Å²) in [7, 11) is 0. The molecule has 5 nitrogen and oxygen atoms in total.